The number of thioether (sulfide) groups is 1. The van der Waals surface area contributed by atoms with Crippen LogP contribution in [0, 0.1) is 17.2 Å². The normalized spacial score (nSPS) is 13.2. The minimum atomic E-state index is -3.94. The Hall–Kier alpha value is -2.97. The molecule has 0 bridgehead atoms. The van der Waals surface area contributed by atoms with E-state index in [1.165, 1.54) is 10.8 Å². The van der Waals surface area contributed by atoms with Gasteiger partial charge in [0.2, 0.25) is 0 Å². The summed E-state index contributed by atoms with van der Waals surface area (Å²) in [7, 11) is 0. The molecule has 1 heterocycles. The maximum atomic E-state index is 15.1. The van der Waals surface area contributed by atoms with Gasteiger partial charge in [-0.2, -0.15) is 14.0 Å². The molecule has 2 aromatic carbocycles. The monoisotopic (exact) mass is 564 g/mol. The maximum absolute atomic E-state index is 15.1. The van der Waals surface area contributed by atoms with Crippen LogP contribution in [0.25, 0.3) is 16.5 Å². The van der Waals surface area contributed by atoms with Crippen LogP contribution in [0.4, 0.5) is 8.78 Å². The van der Waals surface area contributed by atoms with Crippen LogP contribution >= 0.6 is 27.7 Å². The zero-order valence-corrected chi connectivity index (χ0v) is 21.6. The summed E-state index contributed by atoms with van der Waals surface area (Å²) in [6.07, 6.45) is 1.83. The van der Waals surface area contributed by atoms with Crippen LogP contribution in [0.5, 0.6) is 0 Å². The molecule has 7 nitrogen and oxygen atoms in total. The first-order valence-electron chi connectivity index (χ1n) is 10.8. The molecule has 1 aromatic heterocycles. The largest absolute Gasteiger partial charge is 0.464 e. The van der Waals surface area contributed by atoms with Gasteiger partial charge in [-0.3, -0.25) is 9.36 Å². The molecule has 0 spiro atoms. The number of nitriles is 1. The fraction of sp³-hybridized carbons (Fsp3) is 0.333. The van der Waals surface area contributed by atoms with E-state index in [2.05, 4.69) is 32.3 Å². The molecular formula is C24H23BrF2N4O3S. The number of esters is 1. The van der Waals surface area contributed by atoms with Gasteiger partial charge in [-0.15, -0.1) is 0 Å². The fourth-order valence-electron chi connectivity index (χ4n) is 3.47. The quantitative estimate of drug-likeness (QED) is 0.274. The van der Waals surface area contributed by atoms with Gasteiger partial charge in [-0.05, 0) is 52.7 Å². The van der Waals surface area contributed by atoms with Crippen LogP contribution in [0.1, 0.15) is 32.8 Å². The van der Waals surface area contributed by atoms with Gasteiger partial charge in [0.25, 0.3) is 0 Å². The summed E-state index contributed by atoms with van der Waals surface area (Å²) in [6.45, 7) is 5.12. The van der Waals surface area contributed by atoms with Crippen LogP contribution < -0.4 is 5.32 Å². The average molecular weight is 565 g/mol. The molecule has 11 heteroatoms. The van der Waals surface area contributed by atoms with Gasteiger partial charge >= 0.3 is 17.1 Å². The molecule has 0 saturated heterocycles. The van der Waals surface area contributed by atoms with Crippen molar-refractivity contribution in [3.63, 3.8) is 0 Å². The topological polar surface area (TPSA) is 97.0 Å². The van der Waals surface area contributed by atoms with E-state index in [4.69, 9.17) is 4.74 Å². The first kappa shape index (κ1) is 26.6. The molecule has 2 atom stereocenters. The van der Waals surface area contributed by atoms with Crippen LogP contribution in [-0.4, -0.2) is 39.3 Å². The standard InChI is InChI=1S/C24H23BrF2N4O3S/c1-4-14(3)20(21(32)34-5-2)30-22(33)24(26,27)35-23-29-13-19(25)31(23)18-11-10-15(12-28)16-8-6-7-9-17(16)18/h6-11,13-14,20H,4-5H2,1-3H3,(H,30,33). The van der Waals surface area contributed by atoms with Crippen molar-refractivity contribution >= 4 is 50.3 Å². The number of hydrogen-bond acceptors (Lipinski definition) is 6. The van der Waals surface area contributed by atoms with Crippen molar-refractivity contribution in [2.24, 2.45) is 5.92 Å². The highest BCUT2D eigenvalue weighted by atomic mass is 79.9. The number of halogens is 3. The average Bonchev–Trinajstić information content (AvgIpc) is 3.19. The van der Waals surface area contributed by atoms with Gasteiger partial charge < -0.3 is 10.1 Å². The Bertz CT molecular complexity index is 1290. The van der Waals surface area contributed by atoms with Gasteiger partial charge in [0.1, 0.15) is 10.6 Å². The van der Waals surface area contributed by atoms with Crippen molar-refractivity contribution < 1.29 is 23.1 Å². The molecule has 3 aromatic rings. The summed E-state index contributed by atoms with van der Waals surface area (Å²) in [5, 5.41) is 8.79. The van der Waals surface area contributed by atoms with Crippen LogP contribution in [0.15, 0.2) is 52.4 Å². The highest BCUT2D eigenvalue weighted by molar-refractivity contribution is 9.10. The first-order valence-corrected chi connectivity index (χ1v) is 12.4. The summed E-state index contributed by atoms with van der Waals surface area (Å²) >= 11 is 3.30. The smallest absolute Gasteiger partial charge is 0.377 e. The number of hydrogen-bond donors (Lipinski definition) is 1. The highest BCUT2D eigenvalue weighted by Crippen LogP contribution is 2.39. The molecule has 2 unspecified atom stereocenters. The van der Waals surface area contributed by atoms with Gasteiger partial charge in [0.05, 0.1) is 30.1 Å². The van der Waals surface area contributed by atoms with Gasteiger partial charge in [-0.1, -0.05) is 44.5 Å². The second-order valence-electron chi connectivity index (χ2n) is 7.70. The number of nitrogens with zero attached hydrogens (tertiary/aromatic N) is 3. The minimum absolute atomic E-state index is 0.0395. The SMILES string of the molecule is CCOC(=O)C(NC(=O)C(F)(F)Sc1ncc(Br)n1-c1ccc(C#N)c2ccccc12)C(C)CC. The lowest BCUT2D eigenvalue weighted by Crippen LogP contribution is -2.50. The molecule has 0 aliphatic carbocycles. The second kappa shape index (κ2) is 11.2. The number of fused-ring (bicyclic) bond motifs is 1. The number of benzene rings is 2. The number of nitrogens with one attached hydrogen (secondary N) is 1. The zero-order chi connectivity index (χ0) is 25.8. The predicted octanol–water partition coefficient (Wildman–Crippen LogP) is 5.44. The Kier molecular flexibility index (Phi) is 8.51. The minimum Gasteiger partial charge on any atom is -0.464 e. The molecule has 0 saturated carbocycles. The van der Waals surface area contributed by atoms with E-state index in [9.17, 15) is 14.9 Å². The van der Waals surface area contributed by atoms with E-state index in [1.807, 2.05) is 0 Å². The number of carbonyl (C=O) groups excluding carboxylic acids is 2. The molecule has 0 radical (unpaired) electrons. The number of imidazole rings is 1. The van der Waals surface area contributed by atoms with E-state index < -0.39 is 29.1 Å². The summed E-state index contributed by atoms with van der Waals surface area (Å²) in [5.74, 6) is -2.78. The number of rotatable bonds is 9. The predicted molar refractivity (Wildman–Crippen MR) is 132 cm³/mol. The van der Waals surface area contributed by atoms with E-state index >= 15 is 8.78 Å². The fourth-order valence-corrected chi connectivity index (χ4v) is 4.82. The van der Waals surface area contributed by atoms with Gasteiger partial charge in [0.15, 0.2) is 5.16 Å². The number of carbonyl (C=O) groups is 2. The van der Waals surface area contributed by atoms with Gasteiger partial charge in [-0.25, -0.2) is 9.78 Å². The van der Waals surface area contributed by atoms with Crippen molar-refractivity contribution in [1.82, 2.24) is 14.9 Å². The molecule has 35 heavy (non-hydrogen) atoms. The number of aromatic nitrogens is 2. The van der Waals surface area contributed by atoms with E-state index in [-0.39, 0.29) is 23.5 Å². The lowest BCUT2D eigenvalue weighted by molar-refractivity contribution is -0.151. The number of ether oxygens (including phenoxy) is 1. The number of amides is 1. The Morgan fingerprint density at radius 3 is 2.57 bits per heavy atom. The summed E-state index contributed by atoms with van der Waals surface area (Å²) in [6, 6.07) is 11.2. The Morgan fingerprint density at radius 2 is 1.94 bits per heavy atom. The molecule has 0 aliphatic heterocycles. The lowest BCUT2D eigenvalue weighted by atomic mass is 9.99. The third-order valence-corrected chi connectivity index (χ3v) is 6.94. The molecule has 184 valence electrons. The van der Waals surface area contributed by atoms with Crippen molar-refractivity contribution in [3.05, 3.63) is 52.8 Å². The summed E-state index contributed by atoms with van der Waals surface area (Å²) < 4.78 is 37.0. The maximum Gasteiger partial charge on any atom is 0.377 e. The highest BCUT2D eigenvalue weighted by Gasteiger charge is 2.44. The molecule has 0 fully saturated rings. The van der Waals surface area contributed by atoms with E-state index in [0.717, 1.165) is 0 Å². The summed E-state index contributed by atoms with van der Waals surface area (Å²) in [4.78, 5) is 28.9. The van der Waals surface area contributed by atoms with Crippen LogP contribution in [0.3, 0.4) is 0 Å². The molecule has 0 aliphatic rings. The molecule has 3 rings (SSSR count). The van der Waals surface area contributed by atoms with Crippen molar-refractivity contribution in [1.29, 1.82) is 5.26 Å². The van der Waals surface area contributed by atoms with E-state index in [0.29, 0.717) is 33.0 Å². The first-order chi connectivity index (χ1) is 16.6. The van der Waals surface area contributed by atoms with E-state index in [1.54, 1.807) is 57.2 Å². The van der Waals surface area contributed by atoms with Crippen molar-refractivity contribution in [3.8, 4) is 11.8 Å². The Balaban J connectivity index is 1.95. The molecular weight excluding hydrogens is 542 g/mol. The van der Waals surface area contributed by atoms with Crippen molar-refractivity contribution in [2.45, 2.75) is 43.6 Å². The van der Waals surface area contributed by atoms with Crippen LogP contribution in [0.2, 0.25) is 0 Å². The van der Waals surface area contributed by atoms with Crippen LogP contribution in [-0.2, 0) is 14.3 Å². The van der Waals surface area contributed by atoms with Gasteiger partial charge in [0, 0.05) is 10.8 Å². The Morgan fingerprint density at radius 1 is 1.26 bits per heavy atom. The lowest BCUT2D eigenvalue weighted by Gasteiger charge is -2.24. The Labute approximate surface area is 214 Å². The molecule has 1 N–H and O–H groups in total. The molecule has 1 amide bonds. The second-order valence-corrected chi connectivity index (χ2v) is 9.59. The third-order valence-electron chi connectivity index (χ3n) is 5.47. The third kappa shape index (κ3) is 5.65. The summed E-state index contributed by atoms with van der Waals surface area (Å²) in [5.41, 5.74) is 0.946. The van der Waals surface area contributed by atoms with Crippen molar-refractivity contribution in [2.75, 3.05) is 6.61 Å². The number of alkyl halides is 2. The zero-order valence-electron chi connectivity index (χ0n) is 19.2.